The fourth-order valence-corrected chi connectivity index (χ4v) is 1.47. The number of hydrogen-bond donors (Lipinski definition) is 3. The quantitative estimate of drug-likeness (QED) is 0.541. The predicted octanol–water partition coefficient (Wildman–Crippen LogP) is 2.03. The van der Waals surface area contributed by atoms with Crippen molar-refractivity contribution in [1.82, 2.24) is 5.32 Å². The second-order valence-electron chi connectivity index (χ2n) is 4.38. The Labute approximate surface area is 102 Å². The Morgan fingerprint density at radius 1 is 1.53 bits per heavy atom. The van der Waals surface area contributed by atoms with Crippen LogP contribution in [0.15, 0.2) is 18.2 Å². The molecule has 1 amide bonds. The van der Waals surface area contributed by atoms with Crippen molar-refractivity contribution in [3.05, 3.63) is 23.8 Å². The number of nitrogens with two attached hydrogens (primary N) is 1. The molecule has 0 spiro atoms. The zero-order valence-electron chi connectivity index (χ0n) is 10.4. The summed E-state index contributed by atoms with van der Waals surface area (Å²) in [6, 6.07) is 4.82. The van der Waals surface area contributed by atoms with Crippen molar-refractivity contribution in [2.75, 3.05) is 5.73 Å². The lowest BCUT2D eigenvalue weighted by atomic mass is 10.0. The summed E-state index contributed by atoms with van der Waals surface area (Å²) in [6.07, 6.45) is 1.50. The fourth-order valence-electron chi connectivity index (χ4n) is 1.47. The Hall–Kier alpha value is -1.71. The van der Waals surface area contributed by atoms with Crippen LogP contribution < -0.4 is 11.1 Å². The summed E-state index contributed by atoms with van der Waals surface area (Å²) < 4.78 is 0. The molecule has 94 valence electrons. The van der Waals surface area contributed by atoms with Crippen LogP contribution in [0.2, 0.25) is 0 Å². The number of nitrogen functional groups attached to an aromatic ring is 1. The smallest absolute Gasteiger partial charge is 0.220 e. The van der Waals surface area contributed by atoms with E-state index in [1.165, 1.54) is 6.07 Å². The summed E-state index contributed by atoms with van der Waals surface area (Å²) in [5, 5.41) is 12.3. The molecular formula is C13H20N2O2. The molecule has 0 radical (unpaired) electrons. The summed E-state index contributed by atoms with van der Waals surface area (Å²) >= 11 is 0. The minimum Gasteiger partial charge on any atom is -0.508 e. The molecule has 1 rings (SSSR count). The minimum absolute atomic E-state index is 0.00109. The number of hydrogen-bond acceptors (Lipinski definition) is 3. The average molecular weight is 236 g/mol. The van der Waals surface area contributed by atoms with E-state index in [4.69, 9.17) is 5.73 Å². The van der Waals surface area contributed by atoms with Gasteiger partial charge in [-0.15, -0.1) is 0 Å². The minimum atomic E-state index is 0.00109. The number of rotatable bonds is 5. The lowest BCUT2D eigenvalue weighted by Gasteiger charge is -2.10. The van der Waals surface area contributed by atoms with Gasteiger partial charge in [0.05, 0.1) is 0 Å². The average Bonchev–Trinajstić information content (AvgIpc) is 2.30. The molecule has 4 N–H and O–H groups in total. The number of amides is 1. The Morgan fingerprint density at radius 2 is 2.24 bits per heavy atom. The van der Waals surface area contributed by atoms with E-state index in [9.17, 15) is 9.90 Å². The van der Waals surface area contributed by atoms with Crippen molar-refractivity contribution < 1.29 is 9.90 Å². The fraction of sp³-hybridized carbons (Fsp3) is 0.462. The van der Waals surface area contributed by atoms with Crippen LogP contribution in [0.25, 0.3) is 0 Å². The molecule has 1 atom stereocenters. The van der Waals surface area contributed by atoms with Crippen molar-refractivity contribution in [2.24, 2.45) is 5.92 Å². The number of anilines is 1. The van der Waals surface area contributed by atoms with E-state index in [1.807, 2.05) is 6.92 Å². The standard InChI is InChI=1S/C13H20N2O2/c1-3-9(2)6-13(17)15-8-10-7-11(14)4-5-12(10)16/h4-5,7,9,16H,3,6,8,14H2,1-2H3,(H,15,17). The van der Waals surface area contributed by atoms with E-state index in [1.54, 1.807) is 12.1 Å². The van der Waals surface area contributed by atoms with Crippen molar-refractivity contribution >= 4 is 11.6 Å². The first-order chi connectivity index (χ1) is 8.02. The molecule has 0 aliphatic carbocycles. The third kappa shape index (κ3) is 4.34. The van der Waals surface area contributed by atoms with Crippen LogP contribution in [-0.2, 0) is 11.3 Å². The van der Waals surface area contributed by atoms with Gasteiger partial charge in [0.25, 0.3) is 0 Å². The second-order valence-corrected chi connectivity index (χ2v) is 4.38. The van der Waals surface area contributed by atoms with Gasteiger partial charge in [-0.1, -0.05) is 20.3 Å². The molecule has 1 aromatic rings. The molecule has 0 aliphatic rings. The summed E-state index contributed by atoms with van der Waals surface area (Å²) in [7, 11) is 0. The van der Waals surface area contributed by atoms with Gasteiger partial charge in [0.15, 0.2) is 0 Å². The third-order valence-corrected chi connectivity index (χ3v) is 2.81. The summed E-state index contributed by atoms with van der Waals surface area (Å²) in [4.78, 5) is 11.6. The molecule has 4 heteroatoms. The number of aromatic hydroxyl groups is 1. The number of phenolic OH excluding ortho intramolecular Hbond substituents is 1. The Kier molecular flexibility index (Phi) is 4.82. The number of benzene rings is 1. The van der Waals surface area contributed by atoms with E-state index < -0.39 is 0 Å². The topological polar surface area (TPSA) is 75.4 Å². The number of carbonyl (C=O) groups excluding carboxylic acids is 1. The van der Waals surface area contributed by atoms with E-state index in [2.05, 4.69) is 12.2 Å². The van der Waals surface area contributed by atoms with Crippen LogP contribution in [0.3, 0.4) is 0 Å². The number of carbonyl (C=O) groups is 1. The van der Waals surface area contributed by atoms with Gasteiger partial charge in [0.1, 0.15) is 5.75 Å². The molecule has 0 fully saturated rings. The monoisotopic (exact) mass is 236 g/mol. The molecule has 0 aromatic heterocycles. The molecule has 4 nitrogen and oxygen atoms in total. The maximum atomic E-state index is 11.6. The zero-order chi connectivity index (χ0) is 12.8. The first-order valence-corrected chi connectivity index (χ1v) is 5.87. The highest BCUT2D eigenvalue weighted by Gasteiger charge is 2.08. The largest absolute Gasteiger partial charge is 0.508 e. The van der Waals surface area contributed by atoms with E-state index in [0.29, 0.717) is 30.1 Å². The lowest BCUT2D eigenvalue weighted by molar-refractivity contribution is -0.122. The van der Waals surface area contributed by atoms with E-state index in [-0.39, 0.29) is 11.7 Å². The normalized spacial score (nSPS) is 12.1. The molecule has 0 saturated heterocycles. The maximum Gasteiger partial charge on any atom is 0.220 e. The maximum absolute atomic E-state index is 11.6. The lowest BCUT2D eigenvalue weighted by Crippen LogP contribution is -2.24. The first-order valence-electron chi connectivity index (χ1n) is 5.87. The van der Waals surface area contributed by atoms with Crippen LogP contribution in [0.5, 0.6) is 5.75 Å². The van der Waals surface area contributed by atoms with Gasteiger partial charge in [-0.05, 0) is 24.1 Å². The molecule has 1 unspecified atom stereocenters. The van der Waals surface area contributed by atoms with E-state index >= 15 is 0 Å². The van der Waals surface area contributed by atoms with Crippen molar-refractivity contribution in [1.29, 1.82) is 0 Å². The van der Waals surface area contributed by atoms with Crippen LogP contribution in [0.1, 0.15) is 32.3 Å². The summed E-state index contributed by atoms with van der Waals surface area (Å²) in [5.74, 6) is 0.536. The predicted molar refractivity (Wildman–Crippen MR) is 68.4 cm³/mol. The van der Waals surface area contributed by atoms with Crippen molar-refractivity contribution in [2.45, 2.75) is 33.2 Å². The number of nitrogens with one attached hydrogen (secondary N) is 1. The molecular weight excluding hydrogens is 216 g/mol. The molecule has 0 saturated carbocycles. The van der Waals surface area contributed by atoms with Gasteiger partial charge in [0, 0.05) is 24.2 Å². The second kappa shape index (κ2) is 6.13. The molecule has 17 heavy (non-hydrogen) atoms. The van der Waals surface area contributed by atoms with Gasteiger partial charge >= 0.3 is 0 Å². The molecule has 0 bridgehead atoms. The molecule has 0 aliphatic heterocycles. The van der Waals surface area contributed by atoms with Gasteiger partial charge in [-0.3, -0.25) is 4.79 Å². The third-order valence-electron chi connectivity index (χ3n) is 2.81. The van der Waals surface area contributed by atoms with Gasteiger partial charge < -0.3 is 16.2 Å². The highest BCUT2D eigenvalue weighted by molar-refractivity contribution is 5.76. The van der Waals surface area contributed by atoms with Gasteiger partial charge in [-0.25, -0.2) is 0 Å². The summed E-state index contributed by atoms with van der Waals surface area (Å²) in [5.41, 5.74) is 6.83. The van der Waals surface area contributed by atoms with Crippen LogP contribution in [-0.4, -0.2) is 11.0 Å². The number of phenols is 1. The van der Waals surface area contributed by atoms with Gasteiger partial charge in [0.2, 0.25) is 5.91 Å². The van der Waals surface area contributed by atoms with Gasteiger partial charge in [-0.2, -0.15) is 0 Å². The molecule has 0 heterocycles. The Balaban J connectivity index is 2.50. The molecule has 1 aromatic carbocycles. The van der Waals surface area contributed by atoms with Crippen LogP contribution in [0.4, 0.5) is 5.69 Å². The van der Waals surface area contributed by atoms with Crippen LogP contribution >= 0.6 is 0 Å². The Bertz CT molecular complexity index is 391. The van der Waals surface area contributed by atoms with Crippen molar-refractivity contribution in [3.63, 3.8) is 0 Å². The highest BCUT2D eigenvalue weighted by Crippen LogP contribution is 2.19. The van der Waals surface area contributed by atoms with E-state index in [0.717, 1.165) is 6.42 Å². The SMILES string of the molecule is CCC(C)CC(=O)NCc1cc(N)ccc1O. The zero-order valence-corrected chi connectivity index (χ0v) is 10.4. The Morgan fingerprint density at radius 3 is 2.88 bits per heavy atom. The van der Waals surface area contributed by atoms with Crippen molar-refractivity contribution in [3.8, 4) is 5.75 Å². The first kappa shape index (κ1) is 13.4. The van der Waals surface area contributed by atoms with Crippen LogP contribution in [0, 0.1) is 5.92 Å². The summed E-state index contributed by atoms with van der Waals surface area (Å²) in [6.45, 7) is 4.41. The highest BCUT2D eigenvalue weighted by atomic mass is 16.3.